The van der Waals surface area contributed by atoms with Crippen molar-refractivity contribution >= 4 is 5.82 Å². The van der Waals surface area contributed by atoms with Gasteiger partial charge < -0.3 is 10.4 Å². The van der Waals surface area contributed by atoms with Crippen molar-refractivity contribution in [3.8, 4) is 11.4 Å². The molecular weight excluding hydrogens is 362 g/mol. The maximum Gasteiger partial charge on any atom is 0.163 e. The minimum absolute atomic E-state index is 0.0859. The molecule has 4 rings (SSSR count). The van der Waals surface area contributed by atoms with Gasteiger partial charge in [0.15, 0.2) is 5.82 Å². The summed E-state index contributed by atoms with van der Waals surface area (Å²) in [5.41, 5.74) is 4.83. The van der Waals surface area contributed by atoms with Crippen LogP contribution < -0.4 is 5.32 Å². The van der Waals surface area contributed by atoms with Gasteiger partial charge in [-0.2, -0.15) is 0 Å². The number of rotatable bonds is 6. The number of pyridine rings is 1. The topological polar surface area (TPSA) is 74.2 Å². The molecule has 1 fully saturated rings. The molecule has 0 bridgehead atoms. The van der Waals surface area contributed by atoms with Crippen molar-refractivity contribution in [1.29, 1.82) is 0 Å². The van der Waals surface area contributed by atoms with E-state index >= 15 is 0 Å². The van der Waals surface area contributed by atoms with Gasteiger partial charge in [0.1, 0.15) is 5.82 Å². The molecule has 6 nitrogen and oxygen atoms in total. The summed E-state index contributed by atoms with van der Waals surface area (Å²) in [5.74, 6) is 1.60. The SMILES string of the molecule is CC(C)=CCN1CCCC2(CCc3c(NCCO)nc(-c4cccnc4)nc32)C1. The van der Waals surface area contributed by atoms with Crippen LogP contribution in [0.1, 0.15) is 44.4 Å². The molecule has 2 aromatic rings. The third kappa shape index (κ3) is 4.19. The molecule has 154 valence electrons. The number of nitrogens with one attached hydrogen (secondary N) is 1. The number of aliphatic hydroxyl groups is 1. The van der Waals surface area contributed by atoms with Crippen LogP contribution in [0.2, 0.25) is 0 Å². The van der Waals surface area contributed by atoms with E-state index in [2.05, 4.69) is 35.1 Å². The van der Waals surface area contributed by atoms with Gasteiger partial charge in [-0.15, -0.1) is 0 Å². The van der Waals surface area contributed by atoms with E-state index in [0.717, 1.165) is 49.7 Å². The van der Waals surface area contributed by atoms with Crippen molar-refractivity contribution in [2.24, 2.45) is 0 Å². The smallest absolute Gasteiger partial charge is 0.163 e. The first-order valence-electron chi connectivity index (χ1n) is 10.6. The summed E-state index contributed by atoms with van der Waals surface area (Å²) in [7, 11) is 0. The van der Waals surface area contributed by atoms with E-state index in [-0.39, 0.29) is 12.0 Å². The summed E-state index contributed by atoms with van der Waals surface area (Å²) < 4.78 is 0. The minimum Gasteiger partial charge on any atom is -0.395 e. The van der Waals surface area contributed by atoms with Crippen LogP contribution in [0, 0.1) is 0 Å². The minimum atomic E-state index is 0.0859. The highest BCUT2D eigenvalue weighted by molar-refractivity contribution is 5.61. The van der Waals surface area contributed by atoms with E-state index < -0.39 is 0 Å². The van der Waals surface area contributed by atoms with Gasteiger partial charge in [-0.1, -0.05) is 11.6 Å². The number of fused-ring (bicyclic) bond motifs is 2. The number of likely N-dealkylation sites (tertiary alicyclic amines) is 1. The summed E-state index contributed by atoms with van der Waals surface area (Å²) >= 11 is 0. The van der Waals surface area contributed by atoms with Gasteiger partial charge in [-0.25, -0.2) is 9.97 Å². The predicted octanol–water partition coefficient (Wildman–Crippen LogP) is 3.19. The fourth-order valence-corrected chi connectivity index (χ4v) is 4.68. The number of anilines is 1. The Hall–Kier alpha value is -2.31. The Bertz CT molecular complexity index is 878. The molecule has 0 amide bonds. The van der Waals surface area contributed by atoms with Gasteiger partial charge >= 0.3 is 0 Å². The lowest BCUT2D eigenvalue weighted by Crippen LogP contribution is -2.45. The highest BCUT2D eigenvalue weighted by Crippen LogP contribution is 2.46. The first-order chi connectivity index (χ1) is 14.1. The molecular formula is C23H31N5O. The van der Waals surface area contributed by atoms with Crippen molar-refractivity contribution in [2.45, 2.75) is 44.9 Å². The summed E-state index contributed by atoms with van der Waals surface area (Å²) in [6.07, 6.45) is 10.4. The monoisotopic (exact) mass is 393 g/mol. The van der Waals surface area contributed by atoms with Gasteiger partial charge in [-0.3, -0.25) is 9.88 Å². The fourth-order valence-electron chi connectivity index (χ4n) is 4.68. The number of piperidine rings is 1. The largest absolute Gasteiger partial charge is 0.395 e. The lowest BCUT2D eigenvalue weighted by atomic mass is 9.77. The van der Waals surface area contributed by atoms with Crippen molar-refractivity contribution in [3.05, 3.63) is 47.4 Å². The Balaban J connectivity index is 1.72. The highest BCUT2D eigenvalue weighted by atomic mass is 16.3. The standard InChI is InChI=1S/C23H31N5O/c1-17(2)7-13-28-12-4-8-23(16-28)9-6-19-20(23)26-21(18-5-3-10-24-15-18)27-22(19)25-11-14-29/h3,5,7,10,15,29H,4,6,8-9,11-14,16H2,1-2H3,(H,25,26,27). The molecule has 1 aliphatic heterocycles. The van der Waals surface area contributed by atoms with E-state index in [9.17, 15) is 5.11 Å². The van der Waals surface area contributed by atoms with E-state index in [4.69, 9.17) is 9.97 Å². The lowest BCUT2D eigenvalue weighted by molar-refractivity contribution is 0.156. The molecule has 1 saturated heterocycles. The van der Waals surface area contributed by atoms with Crippen LogP contribution in [0.4, 0.5) is 5.82 Å². The predicted molar refractivity (Wildman–Crippen MR) is 116 cm³/mol. The zero-order chi connectivity index (χ0) is 20.3. The Labute approximate surface area is 173 Å². The van der Waals surface area contributed by atoms with Gasteiger partial charge in [0.05, 0.1) is 12.3 Å². The van der Waals surface area contributed by atoms with Crippen molar-refractivity contribution < 1.29 is 5.11 Å². The first-order valence-corrected chi connectivity index (χ1v) is 10.6. The summed E-state index contributed by atoms with van der Waals surface area (Å²) in [4.78, 5) is 16.7. The van der Waals surface area contributed by atoms with Gasteiger partial charge in [0, 0.05) is 48.6 Å². The maximum absolute atomic E-state index is 9.32. The molecule has 2 N–H and O–H groups in total. The molecule has 2 aromatic heterocycles. The molecule has 1 aliphatic carbocycles. The van der Waals surface area contributed by atoms with E-state index in [1.165, 1.54) is 29.7 Å². The van der Waals surface area contributed by atoms with Crippen LogP contribution in [0.25, 0.3) is 11.4 Å². The zero-order valence-corrected chi connectivity index (χ0v) is 17.5. The van der Waals surface area contributed by atoms with E-state index in [1.54, 1.807) is 6.20 Å². The lowest BCUT2D eigenvalue weighted by Gasteiger charge is -2.40. The Morgan fingerprint density at radius 1 is 1.31 bits per heavy atom. The van der Waals surface area contributed by atoms with Gasteiger partial charge in [0.25, 0.3) is 0 Å². The average Bonchev–Trinajstić information content (AvgIpc) is 3.09. The van der Waals surface area contributed by atoms with Crippen LogP contribution in [-0.2, 0) is 11.8 Å². The summed E-state index contributed by atoms with van der Waals surface area (Å²) in [6, 6.07) is 3.93. The van der Waals surface area contributed by atoms with Crippen LogP contribution in [0.15, 0.2) is 36.2 Å². The number of aliphatic hydroxyl groups excluding tert-OH is 1. The number of nitrogens with zero attached hydrogens (tertiary/aromatic N) is 4. The number of hydrogen-bond donors (Lipinski definition) is 2. The molecule has 0 radical (unpaired) electrons. The fraction of sp³-hybridized carbons (Fsp3) is 0.522. The van der Waals surface area contributed by atoms with Crippen LogP contribution >= 0.6 is 0 Å². The molecule has 2 aliphatic rings. The first kappa shape index (κ1) is 20.0. The quantitative estimate of drug-likeness (QED) is 0.734. The van der Waals surface area contributed by atoms with Crippen LogP contribution in [0.5, 0.6) is 0 Å². The number of allylic oxidation sites excluding steroid dienone is 1. The number of aromatic nitrogens is 3. The molecule has 1 atom stereocenters. The molecule has 1 unspecified atom stereocenters. The normalized spacial score (nSPS) is 21.2. The molecule has 0 saturated carbocycles. The number of hydrogen-bond acceptors (Lipinski definition) is 6. The summed E-state index contributed by atoms with van der Waals surface area (Å²) in [5, 5.41) is 12.6. The third-order valence-corrected chi connectivity index (χ3v) is 6.10. The van der Waals surface area contributed by atoms with Gasteiger partial charge in [-0.05, 0) is 58.2 Å². The highest BCUT2D eigenvalue weighted by Gasteiger charge is 2.44. The van der Waals surface area contributed by atoms with Gasteiger partial charge in [0.2, 0.25) is 0 Å². The van der Waals surface area contributed by atoms with Crippen LogP contribution in [-0.4, -0.2) is 57.7 Å². The Morgan fingerprint density at radius 2 is 2.21 bits per heavy atom. The maximum atomic E-state index is 9.32. The van der Waals surface area contributed by atoms with Crippen molar-refractivity contribution in [3.63, 3.8) is 0 Å². The van der Waals surface area contributed by atoms with E-state index in [0.29, 0.717) is 6.54 Å². The third-order valence-electron chi connectivity index (χ3n) is 6.10. The van der Waals surface area contributed by atoms with Crippen molar-refractivity contribution in [2.75, 3.05) is 38.1 Å². The molecule has 3 heterocycles. The summed E-state index contributed by atoms with van der Waals surface area (Å²) in [6.45, 7) is 8.12. The molecule has 29 heavy (non-hydrogen) atoms. The average molecular weight is 394 g/mol. The second-order valence-electron chi connectivity index (χ2n) is 8.52. The van der Waals surface area contributed by atoms with Crippen LogP contribution in [0.3, 0.4) is 0 Å². The Kier molecular flexibility index (Phi) is 5.92. The molecule has 6 heteroatoms. The van der Waals surface area contributed by atoms with E-state index in [1.807, 2.05) is 18.3 Å². The second kappa shape index (κ2) is 8.59. The molecule has 1 spiro atoms. The Morgan fingerprint density at radius 3 is 2.97 bits per heavy atom. The molecule has 0 aromatic carbocycles. The zero-order valence-electron chi connectivity index (χ0n) is 17.5. The van der Waals surface area contributed by atoms with Crippen molar-refractivity contribution in [1.82, 2.24) is 19.9 Å². The second-order valence-corrected chi connectivity index (χ2v) is 8.52.